The summed E-state index contributed by atoms with van der Waals surface area (Å²) < 4.78 is 1.01. The van der Waals surface area contributed by atoms with Crippen LogP contribution in [-0.2, 0) is 11.2 Å². The van der Waals surface area contributed by atoms with E-state index in [0.717, 1.165) is 15.6 Å². The van der Waals surface area contributed by atoms with E-state index in [1.165, 1.54) is 18.2 Å². The van der Waals surface area contributed by atoms with Crippen LogP contribution in [0.1, 0.15) is 16.7 Å². The van der Waals surface area contributed by atoms with Crippen molar-refractivity contribution in [1.29, 1.82) is 5.26 Å². The Kier molecular flexibility index (Phi) is 6.71. The molecule has 0 atom stereocenters. The van der Waals surface area contributed by atoms with Crippen LogP contribution in [0.25, 0.3) is 6.08 Å². The highest BCUT2D eigenvalue weighted by Gasteiger charge is 2.11. The Labute approximate surface area is 182 Å². The fourth-order valence-corrected chi connectivity index (χ4v) is 3.38. The molecule has 0 radical (unpaired) electrons. The first-order valence-electron chi connectivity index (χ1n) is 8.70. The molecule has 0 aliphatic heterocycles. The highest BCUT2D eigenvalue weighted by atomic mass is 79.9. The lowest BCUT2D eigenvalue weighted by Gasteiger charge is -2.08. The minimum absolute atomic E-state index is 0.0484. The van der Waals surface area contributed by atoms with Gasteiger partial charge in [0.2, 0.25) is 0 Å². The lowest BCUT2D eigenvalue weighted by atomic mass is 10.0. The number of halogens is 2. The van der Waals surface area contributed by atoms with Crippen molar-refractivity contribution in [3.8, 4) is 11.8 Å². The van der Waals surface area contributed by atoms with Crippen LogP contribution < -0.4 is 5.32 Å². The van der Waals surface area contributed by atoms with Crippen LogP contribution in [-0.4, -0.2) is 11.0 Å². The Bertz CT molecular complexity index is 1120. The Balaban J connectivity index is 1.78. The fourth-order valence-electron chi connectivity index (χ4n) is 2.70. The van der Waals surface area contributed by atoms with E-state index in [-0.39, 0.29) is 11.3 Å². The number of nitriles is 1. The molecule has 3 aromatic carbocycles. The summed E-state index contributed by atoms with van der Waals surface area (Å²) in [6.07, 6.45) is 2.15. The number of hydrogen-bond donors (Lipinski definition) is 2. The number of benzene rings is 3. The van der Waals surface area contributed by atoms with Gasteiger partial charge >= 0.3 is 0 Å². The zero-order chi connectivity index (χ0) is 20.8. The highest BCUT2D eigenvalue weighted by molar-refractivity contribution is 9.10. The van der Waals surface area contributed by atoms with Crippen molar-refractivity contribution < 1.29 is 9.90 Å². The minimum Gasteiger partial charge on any atom is -0.508 e. The molecule has 1 amide bonds. The molecule has 0 aliphatic carbocycles. The van der Waals surface area contributed by atoms with Crippen LogP contribution in [0.15, 0.2) is 76.8 Å². The largest absolute Gasteiger partial charge is 0.508 e. The van der Waals surface area contributed by atoms with E-state index >= 15 is 0 Å². The molecule has 0 fully saturated rings. The highest BCUT2D eigenvalue weighted by Crippen LogP contribution is 2.26. The second kappa shape index (κ2) is 9.42. The number of carbonyl (C=O) groups excluding carboxylic acids is 1. The Hall–Kier alpha value is -3.07. The summed E-state index contributed by atoms with van der Waals surface area (Å²) in [7, 11) is 0. The Morgan fingerprint density at radius 2 is 1.83 bits per heavy atom. The van der Waals surface area contributed by atoms with Crippen LogP contribution in [0.2, 0.25) is 5.02 Å². The number of anilines is 1. The average molecular weight is 468 g/mol. The van der Waals surface area contributed by atoms with Gasteiger partial charge in [-0.3, -0.25) is 4.79 Å². The quantitative estimate of drug-likeness (QED) is 0.277. The molecule has 144 valence electrons. The van der Waals surface area contributed by atoms with Gasteiger partial charge in [-0.1, -0.05) is 57.9 Å². The molecule has 0 aliphatic rings. The number of rotatable bonds is 5. The van der Waals surface area contributed by atoms with Gasteiger partial charge in [0.15, 0.2) is 0 Å². The molecule has 0 saturated heterocycles. The van der Waals surface area contributed by atoms with Gasteiger partial charge in [-0.2, -0.15) is 5.26 Å². The molecule has 0 aromatic heterocycles. The number of phenolic OH excluding ortho intramolecular Hbond substituents is 1. The predicted octanol–water partition coefficient (Wildman–Crippen LogP) is 5.94. The molecule has 0 heterocycles. The van der Waals surface area contributed by atoms with Gasteiger partial charge in [0.1, 0.15) is 17.4 Å². The van der Waals surface area contributed by atoms with Crippen molar-refractivity contribution >= 4 is 45.2 Å². The molecule has 29 heavy (non-hydrogen) atoms. The molecule has 0 spiro atoms. The summed E-state index contributed by atoms with van der Waals surface area (Å²) in [6.45, 7) is 0. The zero-order valence-corrected chi connectivity index (χ0v) is 17.5. The third-order valence-corrected chi connectivity index (χ3v) is 5.34. The Morgan fingerprint density at radius 3 is 2.48 bits per heavy atom. The number of nitrogens with one attached hydrogen (secondary N) is 1. The van der Waals surface area contributed by atoms with Gasteiger partial charge in [-0.05, 0) is 59.2 Å². The minimum atomic E-state index is -0.536. The van der Waals surface area contributed by atoms with Crippen molar-refractivity contribution in [3.63, 3.8) is 0 Å². The first-order chi connectivity index (χ1) is 14.0. The average Bonchev–Trinajstić information content (AvgIpc) is 2.71. The molecule has 4 nitrogen and oxygen atoms in total. The molecule has 0 saturated carbocycles. The van der Waals surface area contributed by atoms with E-state index in [4.69, 9.17) is 11.6 Å². The molecule has 0 bridgehead atoms. The zero-order valence-electron chi connectivity index (χ0n) is 15.2. The standard InChI is InChI=1S/C23H16BrClN2O2/c24-21-4-2-1-3-16(21)13-17-6-5-15(12-22(17)25)11-18(14-26)23(29)27-19-7-9-20(28)10-8-19/h1-12,28H,13H2,(H,27,29)/b18-11+. The van der Waals surface area contributed by atoms with Crippen molar-refractivity contribution in [1.82, 2.24) is 0 Å². The monoisotopic (exact) mass is 466 g/mol. The third kappa shape index (κ3) is 5.47. The summed E-state index contributed by atoms with van der Waals surface area (Å²) in [5.41, 5.74) is 3.15. The predicted molar refractivity (Wildman–Crippen MR) is 119 cm³/mol. The molecule has 0 unspecified atom stereocenters. The fraction of sp³-hybridized carbons (Fsp3) is 0.0435. The topological polar surface area (TPSA) is 73.1 Å². The van der Waals surface area contributed by atoms with Gasteiger partial charge < -0.3 is 10.4 Å². The maximum absolute atomic E-state index is 12.4. The molecule has 3 rings (SSSR count). The molecule has 6 heteroatoms. The van der Waals surface area contributed by atoms with Crippen LogP contribution in [0.4, 0.5) is 5.69 Å². The van der Waals surface area contributed by atoms with Gasteiger partial charge in [0.25, 0.3) is 5.91 Å². The van der Waals surface area contributed by atoms with Crippen molar-refractivity contribution in [3.05, 3.63) is 98.5 Å². The number of amides is 1. The van der Waals surface area contributed by atoms with E-state index in [0.29, 0.717) is 22.7 Å². The van der Waals surface area contributed by atoms with E-state index in [1.807, 2.05) is 42.5 Å². The maximum Gasteiger partial charge on any atom is 0.266 e. The van der Waals surface area contributed by atoms with Crippen molar-refractivity contribution in [2.45, 2.75) is 6.42 Å². The second-order valence-electron chi connectivity index (χ2n) is 6.29. The second-order valence-corrected chi connectivity index (χ2v) is 7.55. The number of hydrogen-bond acceptors (Lipinski definition) is 3. The number of carbonyl (C=O) groups is 1. The van der Waals surface area contributed by atoms with Crippen molar-refractivity contribution in [2.75, 3.05) is 5.32 Å². The summed E-state index contributed by atoms with van der Waals surface area (Å²) in [5.74, 6) is -0.442. The smallest absolute Gasteiger partial charge is 0.266 e. The molecule has 3 aromatic rings. The normalized spacial score (nSPS) is 11.0. The first-order valence-corrected chi connectivity index (χ1v) is 9.87. The van der Waals surface area contributed by atoms with Crippen LogP contribution >= 0.6 is 27.5 Å². The van der Waals surface area contributed by atoms with Crippen LogP contribution in [0, 0.1) is 11.3 Å². The number of aromatic hydroxyl groups is 1. The van der Waals surface area contributed by atoms with E-state index in [2.05, 4.69) is 21.2 Å². The van der Waals surface area contributed by atoms with E-state index in [1.54, 1.807) is 18.2 Å². The SMILES string of the molecule is N#C/C(=C\c1ccc(Cc2ccccc2Br)c(Cl)c1)C(=O)Nc1ccc(O)cc1. The maximum atomic E-state index is 12.4. The van der Waals surface area contributed by atoms with Gasteiger partial charge in [-0.15, -0.1) is 0 Å². The number of nitrogens with zero attached hydrogens (tertiary/aromatic N) is 1. The van der Waals surface area contributed by atoms with Crippen LogP contribution in [0.3, 0.4) is 0 Å². The molecular formula is C23H16BrClN2O2. The molecule has 2 N–H and O–H groups in total. The number of phenols is 1. The lowest BCUT2D eigenvalue weighted by Crippen LogP contribution is -2.13. The molecular weight excluding hydrogens is 452 g/mol. The van der Waals surface area contributed by atoms with Gasteiger partial charge in [-0.25, -0.2) is 0 Å². The van der Waals surface area contributed by atoms with E-state index < -0.39 is 5.91 Å². The van der Waals surface area contributed by atoms with Gasteiger partial charge in [0, 0.05) is 21.6 Å². The summed E-state index contributed by atoms with van der Waals surface area (Å²) >= 11 is 9.97. The first kappa shape index (κ1) is 20.7. The summed E-state index contributed by atoms with van der Waals surface area (Å²) in [6, 6.07) is 21.3. The Morgan fingerprint density at radius 1 is 1.10 bits per heavy atom. The summed E-state index contributed by atoms with van der Waals surface area (Å²) in [4.78, 5) is 12.4. The van der Waals surface area contributed by atoms with E-state index in [9.17, 15) is 15.2 Å². The van der Waals surface area contributed by atoms with Crippen molar-refractivity contribution in [2.24, 2.45) is 0 Å². The summed E-state index contributed by atoms with van der Waals surface area (Å²) in [5, 5.41) is 21.9. The van der Waals surface area contributed by atoms with Gasteiger partial charge in [0.05, 0.1) is 0 Å². The lowest BCUT2D eigenvalue weighted by molar-refractivity contribution is -0.112. The third-order valence-electron chi connectivity index (χ3n) is 4.22. The van der Waals surface area contributed by atoms with Crippen LogP contribution in [0.5, 0.6) is 5.75 Å².